The summed E-state index contributed by atoms with van der Waals surface area (Å²) in [5.41, 5.74) is 0.814. The molecule has 5 heteroatoms. The van der Waals surface area contributed by atoms with E-state index in [1.165, 1.54) is 12.1 Å². The standard InChI is InChI=1S/C14H18N2O2S/c1-3-6-15-9(2)13-8-16-14(19-13)10-4-5-11(17)12(18)7-10/h4-5,7-9,15,17-18H,3,6H2,1-2H3. The molecule has 102 valence electrons. The SMILES string of the molecule is CCCNC(C)c1cnc(-c2ccc(O)c(O)c2)s1. The molecule has 0 fully saturated rings. The molecule has 0 saturated carbocycles. The normalized spacial score (nSPS) is 12.5. The van der Waals surface area contributed by atoms with Gasteiger partial charge in [0.1, 0.15) is 5.01 Å². The molecule has 1 aromatic heterocycles. The van der Waals surface area contributed by atoms with Crippen molar-refractivity contribution < 1.29 is 10.2 Å². The van der Waals surface area contributed by atoms with E-state index in [1.807, 2.05) is 6.20 Å². The van der Waals surface area contributed by atoms with Crippen LogP contribution in [0, 0.1) is 0 Å². The van der Waals surface area contributed by atoms with E-state index < -0.39 is 0 Å². The molecular weight excluding hydrogens is 260 g/mol. The van der Waals surface area contributed by atoms with E-state index in [1.54, 1.807) is 17.4 Å². The molecule has 0 radical (unpaired) electrons. The number of thiazole rings is 1. The lowest BCUT2D eigenvalue weighted by Gasteiger charge is -2.09. The molecule has 1 unspecified atom stereocenters. The van der Waals surface area contributed by atoms with Gasteiger partial charge < -0.3 is 15.5 Å². The Balaban J connectivity index is 2.18. The molecule has 1 atom stereocenters. The van der Waals surface area contributed by atoms with Crippen molar-refractivity contribution >= 4 is 11.3 Å². The van der Waals surface area contributed by atoms with Crippen LogP contribution in [0.5, 0.6) is 11.5 Å². The summed E-state index contributed by atoms with van der Waals surface area (Å²) in [7, 11) is 0. The van der Waals surface area contributed by atoms with E-state index in [0.29, 0.717) is 0 Å². The first kappa shape index (κ1) is 13.8. The average molecular weight is 278 g/mol. The summed E-state index contributed by atoms with van der Waals surface area (Å²) in [6, 6.07) is 5.03. The molecule has 3 N–H and O–H groups in total. The first-order valence-corrected chi connectivity index (χ1v) is 7.15. The monoisotopic (exact) mass is 278 g/mol. The highest BCUT2D eigenvalue weighted by molar-refractivity contribution is 7.15. The number of aromatic nitrogens is 1. The van der Waals surface area contributed by atoms with E-state index in [-0.39, 0.29) is 17.5 Å². The number of rotatable bonds is 5. The predicted molar refractivity (Wildman–Crippen MR) is 77.6 cm³/mol. The van der Waals surface area contributed by atoms with Crippen molar-refractivity contribution in [3.63, 3.8) is 0 Å². The number of benzene rings is 1. The van der Waals surface area contributed by atoms with Crippen molar-refractivity contribution in [1.29, 1.82) is 0 Å². The van der Waals surface area contributed by atoms with E-state index in [4.69, 9.17) is 0 Å². The van der Waals surface area contributed by atoms with Crippen LogP contribution in [0.2, 0.25) is 0 Å². The molecule has 2 rings (SSSR count). The van der Waals surface area contributed by atoms with Crippen molar-refractivity contribution in [3.05, 3.63) is 29.3 Å². The fourth-order valence-corrected chi connectivity index (χ4v) is 2.68. The van der Waals surface area contributed by atoms with Gasteiger partial charge in [-0.25, -0.2) is 4.98 Å². The minimum atomic E-state index is -0.119. The molecule has 2 aromatic rings. The van der Waals surface area contributed by atoms with Crippen molar-refractivity contribution in [3.8, 4) is 22.1 Å². The van der Waals surface area contributed by atoms with E-state index in [2.05, 4.69) is 24.1 Å². The van der Waals surface area contributed by atoms with Gasteiger partial charge in [0, 0.05) is 22.7 Å². The fraction of sp³-hybridized carbons (Fsp3) is 0.357. The van der Waals surface area contributed by atoms with Crippen LogP contribution in [0.4, 0.5) is 0 Å². The molecule has 0 bridgehead atoms. The Morgan fingerprint density at radius 2 is 2.11 bits per heavy atom. The zero-order chi connectivity index (χ0) is 13.8. The fourth-order valence-electron chi connectivity index (χ4n) is 1.74. The number of hydrogen-bond donors (Lipinski definition) is 3. The molecule has 0 aliphatic rings. The Morgan fingerprint density at radius 1 is 1.32 bits per heavy atom. The van der Waals surface area contributed by atoms with E-state index >= 15 is 0 Å². The van der Waals surface area contributed by atoms with Gasteiger partial charge in [-0.05, 0) is 38.1 Å². The van der Waals surface area contributed by atoms with Crippen molar-refractivity contribution in [2.45, 2.75) is 26.3 Å². The largest absolute Gasteiger partial charge is 0.504 e. The third-order valence-electron chi connectivity index (χ3n) is 2.87. The number of hydrogen-bond acceptors (Lipinski definition) is 5. The summed E-state index contributed by atoms with van der Waals surface area (Å²) in [4.78, 5) is 5.54. The maximum Gasteiger partial charge on any atom is 0.158 e. The molecule has 0 spiro atoms. The van der Waals surface area contributed by atoms with Gasteiger partial charge in [-0.3, -0.25) is 0 Å². The van der Waals surface area contributed by atoms with Crippen molar-refractivity contribution in [2.24, 2.45) is 0 Å². The number of aromatic hydroxyl groups is 2. The summed E-state index contributed by atoms with van der Waals surface area (Å²) in [6.45, 7) is 5.23. The second-order valence-corrected chi connectivity index (χ2v) is 5.51. The maximum absolute atomic E-state index is 9.51. The lowest BCUT2D eigenvalue weighted by molar-refractivity contribution is 0.404. The Bertz CT molecular complexity index is 554. The smallest absolute Gasteiger partial charge is 0.158 e. The van der Waals surface area contributed by atoms with Gasteiger partial charge in [-0.15, -0.1) is 11.3 Å². The van der Waals surface area contributed by atoms with Crippen LogP contribution >= 0.6 is 11.3 Å². The molecule has 19 heavy (non-hydrogen) atoms. The molecule has 0 saturated heterocycles. The highest BCUT2D eigenvalue weighted by atomic mass is 32.1. The molecule has 0 amide bonds. The summed E-state index contributed by atoms with van der Waals surface area (Å²) in [6.07, 6.45) is 2.96. The van der Waals surface area contributed by atoms with Gasteiger partial charge in [0.25, 0.3) is 0 Å². The van der Waals surface area contributed by atoms with Crippen LogP contribution in [-0.2, 0) is 0 Å². The topological polar surface area (TPSA) is 65.4 Å². The molecule has 0 aliphatic carbocycles. The van der Waals surface area contributed by atoms with Gasteiger partial charge in [-0.2, -0.15) is 0 Å². The maximum atomic E-state index is 9.51. The van der Waals surface area contributed by atoms with Gasteiger partial charge in [0.15, 0.2) is 11.5 Å². The lowest BCUT2D eigenvalue weighted by Crippen LogP contribution is -2.18. The van der Waals surface area contributed by atoms with Crippen LogP contribution in [0.15, 0.2) is 24.4 Å². The van der Waals surface area contributed by atoms with Crippen LogP contribution in [0.1, 0.15) is 31.2 Å². The highest BCUT2D eigenvalue weighted by Gasteiger charge is 2.11. The highest BCUT2D eigenvalue weighted by Crippen LogP contribution is 2.33. The van der Waals surface area contributed by atoms with Gasteiger partial charge >= 0.3 is 0 Å². The quantitative estimate of drug-likeness (QED) is 0.734. The van der Waals surface area contributed by atoms with Crippen LogP contribution in [0.3, 0.4) is 0 Å². The van der Waals surface area contributed by atoms with Crippen LogP contribution in [0.25, 0.3) is 10.6 Å². The third kappa shape index (κ3) is 3.24. The minimum Gasteiger partial charge on any atom is -0.504 e. The van der Waals surface area contributed by atoms with E-state index in [9.17, 15) is 10.2 Å². The Kier molecular flexibility index (Phi) is 4.39. The summed E-state index contributed by atoms with van der Waals surface area (Å²) in [5.74, 6) is -0.232. The van der Waals surface area contributed by atoms with Crippen LogP contribution < -0.4 is 5.32 Å². The van der Waals surface area contributed by atoms with Gasteiger partial charge in [0.2, 0.25) is 0 Å². The number of nitrogens with one attached hydrogen (secondary N) is 1. The molecular formula is C14H18N2O2S. The molecule has 1 heterocycles. The molecule has 0 aliphatic heterocycles. The molecule has 1 aromatic carbocycles. The van der Waals surface area contributed by atoms with Gasteiger partial charge in [0.05, 0.1) is 0 Å². The number of phenols is 2. The van der Waals surface area contributed by atoms with Crippen molar-refractivity contribution in [2.75, 3.05) is 6.54 Å². The first-order valence-electron chi connectivity index (χ1n) is 6.33. The van der Waals surface area contributed by atoms with Crippen LogP contribution in [-0.4, -0.2) is 21.7 Å². The summed E-state index contributed by atoms with van der Waals surface area (Å²) < 4.78 is 0. The van der Waals surface area contributed by atoms with Crippen molar-refractivity contribution in [1.82, 2.24) is 10.3 Å². The lowest BCUT2D eigenvalue weighted by atomic mass is 10.2. The molecule has 4 nitrogen and oxygen atoms in total. The minimum absolute atomic E-state index is 0.112. The second kappa shape index (κ2) is 6.04. The number of phenolic OH excluding ortho intramolecular Hbond substituents is 2. The number of nitrogens with zero attached hydrogens (tertiary/aromatic N) is 1. The first-order chi connectivity index (χ1) is 9.11. The Morgan fingerprint density at radius 3 is 2.79 bits per heavy atom. The zero-order valence-corrected chi connectivity index (χ0v) is 11.9. The second-order valence-electron chi connectivity index (χ2n) is 4.45. The Hall–Kier alpha value is -1.59. The predicted octanol–water partition coefficient (Wildman–Crippen LogP) is 3.28. The zero-order valence-electron chi connectivity index (χ0n) is 11.1. The van der Waals surface area contributed by atoms with E-state index in [0.717, 1.165) is 28.4 Å². The third-order valence-corrected chi connectivity index (χ3v) is 4.10. The van der Waals surface area contributed by atoms with Gasteiger partial charge in [-0.1, -0.05) is 6.92 Å². The summed E-state index contributed by atoms with van der Waals surface area (Å²) in [5, 5.41) is 23.1. The Labute approximate surface area is 116 Å². The summed E-state index contributed by atoms with van der Waals surface area (Å²) >= 11 is 1.59. The average Bonchev–Trinajstić information content (AvgIpc) is 2.89.